The van der Waals surface area contributed by atoms with Crippen molar-refractivity contribution in [2.24, 2.45) is 11.7 Å². The van der Waals surface area contributed by atoms with Gasteiger partial charge >= 0.3 is 16.4 Å². The molecule has 2 atom stereocenters. The molecule has 222 valence electrons. The predicted octanol–water partition coefficient (Wildman–Crippen LogP) is 3.46. The van der Waals surface area contributed by atoms with Gasteiger partial charge in [0.1, 0.15) is 35.6 Å². The monoisotopic (exact) mass is 580 g/mol. The summed E-state index contributed by atoms with van der Waals surface area (Å²) in [5.74, 6) is 0.781. The molecule has 0 aromatic heterocycles. The van der Waals surface area contributed by atoms with E-state index in [1.165, 1.54) is 18.2 Å². The number of rotatable bonds is 9. The first-order valence-electron chi connectivity index (χ1n) is 12.8. The molecule has 0 spiro atoms. The zero-order valence-corrected chi connectivity index (χ0v) is 24.6. The van der Waals surface area contributed by atoms with Crippen molar-refractivity contribution in [2.45, 2.75) is 52.6 Å². The average molecular weight is 581 g/mol. The van der Waals surface area contributed by atoms with Crippen LogP contribution in [0.2, 0.25) is 0 Å². The number of phenols is 1. The Kier molecular flexibility index (Phi) is 11.6. The van der Waals surface area contributed by atoms with Crippen LogP contribution in [0.5, 0.6) is 23.0 Å². The summed E-state index contributed by atoms with van der Waals surface area (Å²) in [6.07, 6.45) is 1.91. The average Bonchev–Trinajstić information content (AvgIpc) is 3.24. The highest BCUT2D eigenvalue weighted by molar-refractivity contribution is 7.81. The highest BCUT2D eigenvalue weighted by atomic mass is 32.3. The quantitative estimate of drug-likeness (QED) is 0.148. The number of likely N-dealkylation sites (N-methyl/N-ethyl adjacent to an activating group) is 1. The molecule has 12 nitrogen and oxygen atoms in total. The highest BCUT2D eigenvalue weighted by Crippen LogP contribution is 2.30. The van der Waals surface area contributed by atoms with Gasteiger partial charge in [-0.25, -0.2) is 0 Å². The Morgan fingerprint density at radius 3 is 2.20 bits per heavy atom. The lowest BCUT2D eigenvalue weighted by Gasteiger charge is -2.28. The Hall–Kier alpha value is -3.55. The van der Waals surface area contributed by atoms with Gasteiger partial charge in [0, 0.05) is 18.7 Å². The molecule has 2 aromatic rings. The van der Waals surface area contributed by atoms with Crippen LogP contribution in [0.1, 0.15) is 37.8 Å². The molecule has 13 heteroatoms. The normalized spacial score (nSPS) is 15.8. The van der Waals surface area contributed by atoms with E-state index in [4.69, 9.17) is 25.2 Å². The molecule has 0 amide bonds. The molecule has 1 heterocycles. The molecular formula is C27H40N4O8S. The van der Waals surface area contributed by atoms with Gasteiger partial charge in [0.05, 0.1) is 6.04 Å². The standard InChI is InChI=1S/C14H14O6S.C13H26N4O2/c1-9-3-11(15)7-12(4-9)19-13-5-10(2)6-14(8-13)20-21(16,17)18;1-9(2)11(16(3)4)12(18)19-8-10-6-5-7-17(10)13(14)15/h3-8,15H,1-2H3,(H,16,17,18);9-11H,5-8H2,1-4H3,(H3,14,15)/t;10-,11-/m.1/s1. The summed E-state index contributed by atoms with van der Waals surface area (Å²) in [7, 11) is -0.836. The number of nitrogens with one attached hydrogen (secondary N) is 1. The SMILES string of the molecule is CC(C)[C@H](C(=O)OC[C@H]1CCCN1C(=N)N)N(C)C.Cc1cc(O)cc(Oc2cc(C)cc(OS(=O)(=O)O)c2)c1. The van der Waals surface area contributed by atoms with Crippen molar-refractivity contribution >= 4 is 22.3 Å². The summed E-state index contributed by atoms with van der Waals surface area (Å²) in [5, 5.41) is 17.0. The molecule has 1 aliphatic heterocycles. The van der Waals surface area contributed by atoms with Crippen LogP contribution in [0.25, 0.3) is 0 Å². The van der Waals surface area contributed by atoms with Crippen molar-refractivity contribution in [3.8, 4) is 23.0 Å². The molecule has 0 radical (unpaired) electrons. The van der Waals surface area contributed by atoms with Gasteiger partial charge in [0.25, 0.3) is 0 Å². The zero-order valence-electron chi connectivity index (χ0n) is 23.7. The third-order valence-electron chi connectivity index (χ3n) is 6.03. The minimum absolute atomic E-state index is 0.0522. The van der Waals surface area contributed by atoms with E-state index in [0.29, 0.717) is 23.7 Å². The van der Waals surface area contributed by atoms with Crippen molar-refractivity contribution in [1.82, 2.24) is 9.80 Å². The summed E-state index contributed by atoms with van der Waals surface area (Å²) in [4.78, 5) is 15.8. The minimum Gasteiger partial charge on any atom is -0.508 e. The van der Waals surface area contributed by atoms with Crippen molar-refractivity contribution in [3.05, 3.63) is 47.5 Å². The van der Waals surface area contributed by atoms with E-state index >= 15 is 0 Å². The second kappa shape index (κ2) is 14.2. The van der Waals surface area contributed by atoms with E-state index in [2.05, 4.69) is 4.18 Å². The van der Waals surface area contributed by atoms with Gasteiger partial charge in [-0.3, -0.25) is 19.7 Å². The molecule has 0 unspecified atom stereocenters. The predicted molar refractivity (Wildman–Crippen MR) is 151 cm³/mol. The fraction of sp³-hybridized carbons (Fsp3) is 0.481. The van der Waals surface area contributed by atoms with Crippen LogP contribution in [0, 0.1) is 25.2 Å². The number of hydrogen-bond acceptors (Lipinski definition) is 9. The molecule has 3 rings (SSSR count). The van der Waals surface area contributed by atoms with Gasteiger partial charge in [-0.1, -0.05) is 13.8 Å². The molecule has 1 saturated heterocycles. The Morgan fingerprint density at radius 2 is 1.68 bits per heavy atom. The van der Waals surface area contributed by atoms with Crippen LogP contribution in [0.15, 0.2) is 36.4 Å². The fourth-order valence-corrected chi connectivity index (χ4v) is 4.87. The molecule has 40 heavy (non-hydrogen) atoms. The maximum atomic E-state index is 12.1. The summed E-state index contributed by atoms with van der Waals surface area (Å²) in [6, 6.07) is 8.97. The minimum atomic E-state index is -4.59. The number of phenolic OH excluding ortho intramolecular Hbond substituents is 1. The molecule has 0 aliphatic carbocycles. The number of likely N-dealkylation sites (tertiary alicyclic amines) is 1. The summed E-state index contributed by atoms with van der Waals surface area (Å²) < 4.78 is 45.5. The maximum Gasteiger partial charge on any atom is 0.446 e. The number of aryl methyl sites for hydroxylation is 2. The highest BCUT2D eigenvalue weighted by Gasteiger charge is 2.30. The number of aromatic hydroxyl groups is 1. The fourth-order valence-electron chi connectivity index (χ4n) is 4.54. The first-order valence-corrected chi connectivity index (χ1v) is 14.1. The third-order valence-corrected chi connectivity index (χ3v) is 6.43. The van der Waals surface area contributed by atoms with E-state index in [-0.39, 0.29) is 41.4 Å². The molecule has 1 fully saturated rings. The van der Waals surface area contributed by atoms with Crippen molar-refractivity contribution in [1.29, 1.82) is 5.41 Å². The van der Waals surface area contributed by atoms with Crippen LogP contribution in [0.4, 0.5) is 0 Å². The second-order valence-electron chi connectivity index (χ2n) is 10.3. The van der Waals surface area contributed by atoms with Crippen LogP contribution in [0.3, 0.4) is 0 Å². The number of benzene rings is 2. The van der Waals surface area contributed by atoms with Gasteiger partial charge in [-0.2, -0.15) is 8.42 Å². The van der Waals surface area contributed by atoms with E-state index in [1.54, 1.807) is 36.9 Å². The van der Waals surface area contributed by atoms with Crippen molar-refractivity contribution in [3.63, 3.8) is 0 Å². The van der Waals surface area contributed by atoms with Crippen LogP contribution in [-0.2, 0) is 19.9 Å². The maximum absolute atomic E-state index is 12.1. The van der Waals surface area contributed by atoms with Crippen LogP contribution in [-0.4, -0.2) is 79.1 Å². The first-order chi connectivity index (χ1) is 18.6. The molecular weight excluding hydrogens is 540 g/mol. The molecule has 1 aliphatic rings. The molecule has 0 saturated carbocycles. The van der Waals surface area contributed by atoms with E-state index in [1.807, 2.05) is 32.8 Å². The Balaban J connectivity index is 0.000000282. The smallest absolute Gasteiger partial charge is 0.446 e. The Bertz CT molecular complexity index is 1260. The van der Waals surface area contributed by atoms with Crippen molar-refractivity contribution < 1.29 is 36.5 Å². The van der Waals surface area contributed by atoms with Gasteiger partial charge in [-0.15, -0.1) is 0 Å². The van der Waals surface area contributed by atoms with Crippen LogP contribution < -0.4 is 14.7 Å². The topological polar surface area (TPSA) is 176 Å². The van der Waals surface area contributed by atoms with Gasteiger partial charge < -0.3 is 29.4 Å². The number of hydrogen-bond donors (Lipinski definition) is 4. The summed E-state index contributed by atoms with van der Waals surface area (Å²) in [5.41, 5.74) is 7.01. The van der Waals surface area contributed by atoms with Gasteiger partial charge in [0.2, 0.25) is 0 Å². The number of nitrogens with zero attached hydrogens (tertiary/aromatic N) is 2. The molecule has 2 aromatic carbocycles. The number of ether oxygens (including phenoxy) is 2. The van der Waals surface area contributed by atoms with Crippen molar-refractivity contribution in [2.75, 3.05) is 27.2 Å². The van der Waals surface area contributed by atoms with Gasteiger partial charge in [0.15, 0.2) is 5.96 Å². The summed E-state index contributed by atoms with van der Waals surface area (Å²) >= 11 is 0. The van der Waals surface area contributed by atoms with E-state index in [9.17, 15) is 18.3 Å². The Morgan fingerprint density at radius 1 is 1.10 bits per heavy atom. The number of esters is 1. The first kappa shape index (κ1) is 32.7. The lowest BCUT2D eigenvalue weighted by atomic mass is 10.0. The van der Waals surface area contributed by atoms with E-state index < -0.39 is 10.4 Å². The number of nitrogens with two attached hydrogens (primary N) is 1. The Labute approximate surface area is 236 Å². The van der Waals surface area contributed by atoms with Gasteiger partial charge in [-0.05, 0) is 82.1 Å². The second-order valence-corrected chi connectivity index (χ2v) is 11.3. The zero-order chi connectivity index (χ0) is 30.2. The third kappa shape index (κ3) is 10.5. The number of carbonyl (C=O) groups excluding carboxylic acids is 1. The summed E-state index contributed by atoms with van der Waals surface area (Å²) in [6.45, 7) is 8.62. The lowest BCUT2D eigenvalue weighted by Crippen LogP contribution is -2.45. The molecule has 5 N–H and O–H groups in total. The lowest BCUT2D eigenvalue weighted by molar-refractivity contribution is -0.151. The molecule has 0 bridgehead atoms. The number of carbonyl (C=O) groups is 1. The number of guanidine groups is 1. The largest absolute Gasteiger partial charge is 0.508 e. The van der Waals surface area contributed by atoms with E-state index in [0.717, 1.165) is 24.9 Å². The van der Waals surface area contributed by atoms with Crippen LogP contribution >= 0.6 is 0 Å².